The molecule has 4 heteroatoms. The van der Waals surface area contributed by atoms with Gasteiger partial charge in [0.15, 0.2) is 0 Å². The van der Waals surface area contributed by atoms with Crippen LogP contribution in [-0.2, 0) is 0 Å². The fraction of sp³-hybridized carbons (Fsp3) is 0.150. The van der Waals surface area contributed by atoms with E-state index in [1.54, 1.807) is 43.5 Å². The van der Waals surface area contributed by atoms with Crippen molar-refractivity contribution in [2.75, 3.05) is 7.11 Å². The maximum Gasteiger partial charge on any atom is 0.343 e. The summed E-state index contributed by atoms with van der Waals surface area (Å²) in [6, 6.07) is 18.5. The Balaban J connectivity index is 1.75. The predicted molar refractivity (Wildman–Crippen MR) is 93.2 cm³/mol. The molecule has 0 radical (unpaired) electrons. The summed E-state index contributed by atoms with van der Waals surface area (Å²) in [5, 5.41) is 0. The lowest BCUT2D eigenvalue weighted by molar-refractivity contribution is 0.0734. The first-order valence-electron chi connectivity index (χ1n) is 7.70. The van der Waals surface area contributed by atoms with Crippen molar-refractivity contribution in [2.24, 2.45) is 0 Å². The maximum atomic E-state index is 12.2. The molecule has 3 aromatic rings. The highest BCUT2D eigenvalue weighted by atomic mass is 16.5. The summed E-state index contributed by atoms with van der Waals surface area (Å²) in [5.41, 5.74) is 3.85. The second-order valence-electron chi connectivity index (χ2n) is 5.56. The van der Waals surface area contributed by atoms with Crippen molar-refractivity contribution in [1.82, 2.24) is 4.57 Å². The van der Waals surface area contributed by atoms with Crippen molar-refractivity contribution >= 4 is 5.97 Å². The van der Waals surface area contributed by atoms with E-state index in [0.29, 0.717) is 17.1 Å². The number of ether oxygens (including phenoxy) is 2. The number of aromatic nitrogens is 1. The molecule has 1 heterocycles. The van der Waals surface area contributed by atoms with Crippen LogP contribution >= 0.6 is 0 Å². The SMILES string of the molecule is COc1ccc(C(=O)Oc2ccc(-n3c(C)ccc3C)cc2)cc1. The first-order valence-corrected chi connectivity index (χ1v) is 7.70. The number of aryl methyl sites for hydroxylation is 2. The second-order valence-corrected chi connectivity index (χ2v) is 5.56. The van der Waals surface area contributed by atoms with Crippen LogP contribution in [0.4, 0.5) is 0 Å². The number of methoxy groups -OCH3 is 1. The molecule has 0 bridgehead atoms. The van der Waals surface area contributed by atoms with E-state index in [1.165, 1.54) is 0 Å². The molecule has 0 unspecified atom stereocenters. The molecule has 3 rings (SSSR count). The number of rotatable bonds is 4. The average molecular weight is 321 g/mol. The third-order valence-corrected chi connectivity index (χ3v) is 3.90. The first kappa shape index (κ1) is 15.9. The van der Waals surface area contributed by atoms with Gasteiger partial charge in [0.2, 0.25) is 0 Å². The quantitative estimate of drug-likeness (QED) is 0.531. The molecule has 0 saturated heterocycles. The standard InChI is InChI=1S/C20H19NO3/c1-14-4-5-15(2)21(14)17-8-12-19(13-9-17)24-20(22)16-6-10-18(23-3)11-7-16/h4-13H,1-3H3. The number of esters is 1. The van der Waals surface area contributed by atoms with Crippen LogP contribution in [0.5, 0.6) is 11.5 Å². The molecule has 24 heavy (non-hydrogen) atoms. The minimum Gasteiger partial charge on any atom is -0.497 e. The molecule has 0 aliphatic carbocycles. The Hall–Kier alpha value is -3.01. The van der Waals surface area contributed by atoms with Gasteiger partial charge in [-0.15, -0.1) is 0 Å². The number of hydrogen-bond donors (Lipinski definition) is 0. The van der Waals surface area contributed by atoms with Gasteiger partial charge in [-0.1, -0.05) is 0 Å². The van der Waals surface area contributed by atoms with Crippen molar-refractivity contribution in [3.8, 4) is 17.2 Å². The molecule has 0 amide bonds. The minimum atomic E-state index is -0.390. The van der Waals surface area contributed by atoms with E-state index in [0.717, 1.165) is 17.1 Å². The van der Waals surface area contributed by atoms with Crippen LogP contribution < -0.4 is 9.47 Å². The lowest BCUT2D eigenvalue weighted by atomic mass is 10.2. The summed E-state index contributed by atoms with van der Waals surface area (Å²) in [7, 11) is 1.59. The normalized spacial score (nSPS) is 10.5. The average Bonchev–Trinajstić information content (AvgIpc) is 2.94. The van der Waals surface area contributed by atoms with E-state index in [1.807, 2.05) is 12.1 Å². The molecule has 0 aliphatic rings. The lowest BCUT2D eigenvalue weighted by Crippen LogP contribution is -2.08. The van der Waals surface area contributed by atoms with Crippen LogP contribution in [0.3, 0.4) is 0 Å². The molecule has 0 aliphatic heterocycles. The van der Waals surface area contributed by atoms with Crippen molar-refractivity contribution in [3.05, 3.63) is 77.6 Å². The van der Waals surface area contributed by atoms with Gasteiger partial charge in [-0.2, -0.15) is 0 Å². The summed E-state index contributed by atoms with van der Waals surface area (Å²) < 4.78 is 12.6. The Morgan fingerprint density at radius 3 is 1.88 bits per heavy atom. The van der Waals surface area contributed by atoms with Gasteiger partial charge in [-0.05, 0) is 74.5 Å². The van der Waals surface area contributed by atoms with Crippen LogP contribution in [0.15, 0.2) is 60.7 Å². The maximum absolute atomic E-state index is 12.2. The monoisotopic (exact) mass is 321 g/mol. The van der Waals surface area contributed by atoms with Crippen molar-refractivity contribution in [2.45, 2.75) is 13.8 Å². The van der Waals surface area contributed by atoms with E-state index in [4.69, 9.17) is 9.47 Å². The molecule has 0 atom stereocenters. The van der Waals surface area contributed by atoms with Gasteiger partial charge in [-0.25, -0.2) is 4.79 Å². The lowest BCUT2D eigenvalue weighted by Gasteiger charge is -2.10. The summed E-state index contributed by atoms with van der Waals surface area (Å²) >= 11 is 0. The van der Waals surface area contributed by atoms with Crippen LogP contribution in [0, 0.1) is 13.8 Å². The summed E-state index contributed by atoms with van der Waals surface area (Å²) in [4.78, 5) is 12.2. The highest BCUT2D eigenvalue weighted by Gasteiger charge is 2.09. The van der Waals surface area contributed by atoms with Gasteiger partial charge < -0.3 is 14.0 Å². The Morgan fingerprint density at radius 2 is 1.33 bits per heavy atom. The molecule has 0 fully saturated rings. The Labute approximate surface area is 141 Å². The van der Waals surface area contributed by atoms with Gasteiger partial charge in [0.05, 0.1) is 12.7 Å². The fourth-order valence-corrected chi connectivity index (χ4v) is 2.63. The topological polar surface area (TPSA) is 40.5 Å². The molecule has 2 aromatic carbocycles. The predicted octanol–water partition coefficient (Wildman–Crippen LogP) is 4.32. The minimum absolute atomic E-state index is 0.390. The van der Waals surface area contributed by atoms with Crippen LogP contribution in [0.25, 0.3) is 5.69 Å². The van der Waals surface area contributed by atoms with Crippen molar-refractivity contribution in [1.29, 1.82) is 0 Å². The number of nitrogens with zero attached hydrogens (tertiary/aromatic N) is 1. The Bertz CT molecular complexity index is 826. The first-order chi connectivity index (χ1) is 11.6. The summed E-state index contributed by atoms with van der Waals surface area (Å²) in [6.07, 6.45) is 0. The van der Waals surface area contributed by atoms with Gasteiger partial charge in [0.1, 0.15) is 11.5 Å². The van der Waals surface area contributed by atoms with E-state index in [9.17, 15) is 4.79 Å². The largest absolute Gasteiger partial charge is 0.497 e. The zero-order chi connectivity index (χ0) is 17.1. The molecular formula is C20H19NO3. The Kier molecular flexibility index (Phi) is 4.38. The van der Waals surface area contributed by atoms with Crippen LogP contribution in [0.2, 0.25) is 0 Å². The molecule has 0 spiro atoms. The van der Waals surface area contributed by atoms with Crippen LogP contribution in [0.1, 0.15) is 21.7 Å². The third-order valence-electron chi connectivity index (χ3n) is 3.90. The molecule has 122 valence electrons. The van der Waals surface area contributed by atoms with Gasteiger partial charge >= 0.3 is 5.97 Å². The molecular weight excluding hydrogens is 302 g/mol. The number of carbonyl (C=O) groups is 1. The zero-order valence-corrected chi connectivity index (χ0v) is 13.9. The highest BCUT2D eigenvalue weighted by molar-refractivity contribution is 5.91. The Morgan fingerprint density at radius 1 is 0.792 bits per heavy atom. The van der Waals surface area contributed by atoms with Gasteiger partial charge in [0.25, 0.3) is 0 Å². The summed E-state index contributed by atoms with van der Waals surface area (Å²) in [6.45, 7) is 4.12. The number of carbonyl (C=O) groups excluding carboxylic acids is 1. The fourth-order valence-electron chi connectivity index (χ4n) is 2.63. The summed E-state index contributed by atoms with van der Waals surface area (Å²) in [5.74, 6) is 0.828. The van der Waals surface area contributed by atoms with E-state index >= 15 is 0 Å². The van der Waals surface area contributed by atoms with E-state index < -0.39 is 5.97 Å². The smallest absolute Gasteiger partial charge is 0.343 e. The molecule has 4 nitrogen and oxygen atoms in total. The van der Waals surface area contributed by atoms with Gasteiger partial charge in [0, 0.05) is 17.1 Å². The van der Waals surface area contributed by atoms with Crippen molar-refractivity contribution in [3.63, 3.8) is 0 Å². The molecule has 1 aromatic heterocycles. The molecule has 0 N–H and O–H groups in total. The van der Waals surface area contributed by atoms with Gasteiger partial charge in [-0.3, -0.25) is 0 Å². The van der Waals surface area contributed by atoms with Crippen LogP contribution in [-0.4, -0.2) is 17.6 Å². The van der Waals surface area contributed by atoms with E-state index in [-0.39, 0.29) is 0 Å². The second kappa shape index (κ2) is 6.62. The number of hydrogen-bond acceptors (Lipinski definition) is 3. The zero-order valence-electron chi connectivity index (χ0n) is 13.9. The van der Waals surface area contributed by atoms with E-state index in [2.05, 4.69) is 30.5 Å². The third kappa shape index (κ3) is 3.18. The molecule has 0 saturated carbocycles. The highest BCUT2D eigenvalue weighted by Crippen LogP contribution is 2.21. The van der Waals surface area contributed by atoms with Crippen molar-refractivity contribution < 1.29 is 14.3 Å². The number of benzene rings is 2.